The number of nitrogens with zero attached hydrogens (tertiary/aromatic N) is 4. The van der Waals surface area contributed by atoms with Gasteiger partial charge in [-0.05, 0) is 43.6 Å². The van der Waals surface area contributed by atoms with Crippen molar-refractivity contribution in [2.75, 3.05) is 13.1 Å². The van der Waals surface area contributed by atoms with E-state index in [0.29, 0.717) is 0 Å². The molecule has 94 valence electrons. The summed E-state index contributed by atoms with van der Waals surface area (Å²) in [4.78, 5) is 4.19. The Balaban J connectivity index is 1.74. The van der Waals surface area contributed by atoms with E-state index in [1.807, 2.05) is 6.07 Å². The van der Waals surface area contributed by atoms with Crippen LogP contribution >= 0.6 is 0 Å². The van der Waals surface area contributed by atoms with Gasteiger partial charge in [-0.2, -0.15) is 15.0 Å². The van der Waals surface area contributed by atoms with Crippen molar-refractivity contribution in [2.24, 2.45) is 0 Å². The molecule has 1 aromatic heterocycles. The predicted molar refractivity (Wildman–Crippen MR) is 70.5 cm³/mol. The molecule has 0 amide bonds. The average molecular weight is 242 g/mol. The normalized spacial score (nSPS) is 16.9. The van der Waals surface area contributed by atoms with Gasteiger partial charge in [0.1, 0.15) is 0 Å². The van der Waals surface area contributed by atoms with Crippen LogP contribution in [0.15, 0.2) is 36.7 Å². The lowest BCUT2D eigenvalue weighted by Gasteiger charge is -2.26. The zero-order valence-corrected chi connectivity index (χ0v) is 10.5. The highest BCUT2D eigenvalue weighted by molar-refractivity contribution is 5.33. The molecule has 1 aliphatic rings. The average Bonchev–Trinajstić information content (AvgIpc) is 2.94. The van der Waals surface area contributed by atoms with Crippen molar-refractivity contribution in [2.45, 2.75) is 25.8 Å². The van der Waals surface area contributed by atoms with E-state index in [9.17, 15) is 0 Å². The third-order valence-corrected chi connectivity index (χ3v) is 3.42. The number of benzene rings is 1. The van der Waals surface area contributed by atoms with Gasteiger partial charge in [0.2, 0.25) is 0 Å². The Bertz CT molecular complexity index is 486. The van der Waals surface area contributed by atoms with E-state index in [1.54, 1.807) is 17.2 Å². The van der Waals surface area contributed by atoms with Crippen LogP contribution in [-0.4, -0.2) is 33.0 Å². The molecule has 2 aromatic rings. The standard InChI is InChI=1S/C14H18N4/c1-2-9-17(10-3-1)12-13-5-4-6-14(11-13)18-15-7-8-16-18/h4-8,11H,1-3,9-10,12H2. The highest BCUT2D eigenvalue weighted by Gasteiger charge is 2.10. The zero-order chi connectivity index (χ0) is 12.2. The topological polar surface area (TPSA) is 34.0 Å². The van der Waals surface area contributed by atoms with E-state index in [0.717, 1.165) is 12.2 Å². The van der Waals surface area contributed by atoms with Gasteiger partial charge in [0.25, 0.3) is 0 Å². The molecule has 18 heavy (non-hydrogen) atoms. The molecule has 1 aliphatic heterocycles. The number of hydrogen-bond donors (Lipinski definition) is 0. The molecule has 2 heterocycles. The monoisotopic (exact) mass is 242 g/mol. The number of piperidine rings is 1. The summed E-state index contributed by atoms with van der Waals surface area (Å²) in [5.74, 6) is 0. The maximum Gasteiger partial charge on any atom is 0.0859 e. The fourth-order valence-corrected chi connectivity index (χ4v) is 2.50. The van der Waals surface area contributed by atoms with Crippen molar-refractivity contribution in [3.05, 3.63) is 42.2 Å². The smallest absolute Gasteiger partial charge is 0.0859 e. The van der Waals surface area contributed by atoms with Gasteiger partial charge in [0.15, 0.2) is 0 Å². The predicted octanol–water partition coefficient (Wildman–Crippen LogP) is 2.25. The molecular formula is C14H18N4. The van der Waals surface area contributed by atoms with E-state index < -0.39 is 0 Å². The van der Waals surface area contributed by atoms with Crippen molar-refractivity contribution in [3.8, 4) is 5.69 Å². The van der Waals surface area contributed by atoms with Gasteiger partial charge in [0, 0.05) is 6.54 Å². The summed E-state index contributed by atoms with van der Waals surface area (Å²) in [5.41, 5.74) is 2.38. The Labute approximate surface area is 107 Å². The minimum atomic E-state index is 1.04. The lowest BCUT2D eigenvalue weighted by Crippen LogP contribution is -2.29. The summed E-state index contributed by atoms with van der Waals surface area (Å²) in [6.45, 7) is 3.49. The first-order valence-corrected chi connectivity index (χ1v) is 6.60. The maximum atomic E-state index is 4.17. The van der Waals surface area contributed by atoms with Crippen LogP contribution in [0.5, 0.6) is 0 Å². The number of rotatable bonds is 3. The lowest BCUT2D eigenvalue weighted by atomic mass is 10.1. The zero-order valence-electron chi connectivity index (χ0n) is 10.5. The van der Waals surface area contributed by atoms with Crippen LogP contribution in [0.2, 0.25) is 0 Å². The lowest BCUT2D eigenvalue weighted by molar-refractivity contribution is 0.221. The molecule has 0 bridgehead atoms. The Kier molecular flexibility index (Phi) is 3.37. The van der Waals surface area contributed by atoms with Crippen molar-refractivity contribution in [1.29, 1.82) is 0 Å². The first kappa shape index (κ1) is 11.4. The molecule has 0 aliphatic carbocycles. The van der Waals surface area contributed by atoms with Crippen LogP contribution < -0.4 is 0 Å². The van der Waals surface area contributed by atoms with Crippen LogP contribution in [0, 0.1) is 0 Å². The van der Waals surface area contributed by atoms with Gasteiger partial charge >= 0.3 is 0 Å². The summed E-state index contributed by atoms with van der Waals surface area (Å²) < 4.78 is 0. The molecule has 0 unspecified atom stereocenters. The van der Waals surface area contributed by atoms with Gasteiger partial charge in [0.05, 0.1) is 18.1 Å². The Hall–Kier alpha value is -1.68. The first-order valence-electron chi connectivity index (χ1n) is 6.60. The Morgan fingerprint density at radius 3 is 2.56 bits per heavy atom. The molecule has 1 fully saturated rings. The van der Waals surface area contributed by atoms with E-state index in [1.165, 1.54) is 37.9 Å². The highest BCUT2D eigenvalue weighted by atomic mass is 15.5. The third-order valence-electron chi connectivity index (χ3n) is 3.42. The quantitative estimate of drug-likeness (QED) is 0.828. The van der Waals surface area contributed by atoms with Crippen molar-refractivity contribution in [3.63, 3.8) is 0 Å². The van der Waals surface area contributed by atoms with Crippen LogP contribution in [0.1, 0.15) is 24.8 Å². The van der Waals surface area contributed by atoms with Crippen molar-refractivity contribution in [1.82, 2.24) is 19.9 Å². The largest absolute Gasteiger partial charge is 0.299 e. The van der Waals surface area contributed by atoms with E-state index in [2.05, 4.69) is 33.3 Å². The minimum Gasteiger partial charge on any atom is -0.299 e. The fraction of sp³-hybridized carbons (Fsp3) is 0.429. The van der Waals surface area contributed by atoms with Crippen LogP contribution in [0.25, 0.3) is 5.69 Å². The second-order valence-electron chi connectivity index (χ2n) is 4.83. The highest BCUT2D eigenvalue weighted by Crippen LogP contribution is 2.15. The van der Waals surface area contributed by atoms with Crippen molar-refractivity contribution < 1.29 is 0 Å². The fourth-order valence-electron chi connectivity index (χ4n) is 2.50. The summed E-state index contributed by atoms with van der Waals surface area (Å²) in [6, 6.07) is 8.48. The SMILES string of the molecule is c1cc(CN2CCCCC2)cc(-n2nccn2)c1. The van der Waals surface area contributed by atoms with Gasteiger partial charge in [-0.25, -0.2) is 0 Å². The van der Waals surface area contributed by atoms with Gasteiger partial charge in [-0.15, -0.1) is 0 Å². The van der Waals surface area contributed by atoms with E-state index in [4.69, 9.17) is 0 Å². The van der Waals surface area contributed by atoms with Crippen molar-refractivity contribution >= 4 is 0 Å². The van der Waals surface area contributed by atoms with E-state index >= 15 is 0 Å². The van der Waals surface area contributed by atoms with E-state index in [-0.39, 0.29) is 0 Å². The summed E-state index contributed by atoms with van der Waals surface area (Å²) in [5, 5.41) is 8.33. The minimum absolute atomic E-state index is 1.04. The molecule has 4 heteroatoms. The molecule has 1 saturated heterocycles. The summed E-state index contributed by atoms with van der Waals surface area (Å²) in [6.07, 6.45) is 7.46. The molecule has 3 rings (SSSR count). The molecule has 0 radical (unpaired) electrons. The second kappa shape index (κ2) is 5.31. The Morgan fingerprint density at radius 1 is 1.00 bits per heavy atom. The van der Waals surface area contributed by atoms with Gasteiger partial charge < -0.3 is 0 Å². The number of hydrogen-bond acceptors (Lipinski definition) is 3. The molecule has 1 aromatic carbocycles. The number of aromatic nitrogens is 3. The Morgan fingerprint density at radius 2 is 1.78 bits per heavy atom. The summed E-state index contributed by atoms with van der Waals surface area (Å²) >= 11 is 0. The van der Waals surface area contributed by atoms with Gasteiger partial charge in [-0.3, -0.25) is 4.90 Å². The molecule has 0 atom stereocenters. The summed E-state index contributed by atoms with van der Waals surface area (Å²) in [7, 11) is 0. The molecule has 0 spiro atoms. The third kappa shape index (κ3) is 2.59. The molecule has 0 saturated carbocycles. The second-order valence-corrected chi connectivity index (χ2v) is 4.83. The molecule has 4 nitrogen and oxygen atoms in total. The van der Waals surface area contributed by atoms with Crippen LogP contribution in [-0.2, 0) is 6.54 Å². The first-order chi connectivity index (χ1) is 8.92. The molecule has 0 N–H and O–H groups in total. The van der Waals surface area contributed by atoms with Crippen LogP contribution in [0.4, 0.5) is 0 Å². The molecular weight excluding hydrogens is 224 g/mol. The maximum absolute atomic E-state index is 4.17. The van der Waals surface area contributed by atoms with Gasteiger partial charge in [-0.1, -0.05) is 18.6 Å². The van der Waals surface area contributed by atoms with Crippen LogP contribution in [0.3, 0.4) is 0 Å². The number of likely N-dealkylation sites (tertiary alicyclic amines) is 1.